The number of hydrogen-bond donors (Lipinski definition) is 0. The maximum atomic E-state index is 5.39. The van der Waals surface area contributed by atoms with Crippen molar-refractivity contribution in [3.8, 4) is 5.75 Å². The number of benzene rings is 1. The van der Waals surface area contributed by atoms with Crippen LogP contribution in [0.25, 0.3) is 0 Å². The minimum atomic E-state index is 0.525. The number of ether oxygens (including phenoxy) is 1. The monoisotopic (exact) mass is 230 g/mol. The van der Waals surface area contributed by atoms with Gasteiger partial charge in [0.15, 0.2) is 0 Å². The molecule has 0 fully saturated rings. The van der Waals surface area contributed by atoms with Crippen LogP contribution in [0.5, 0.6) is 5.75 Å². The lowest BCUT2D eigenvalue weighted by Gasteiger charge is -2.12. The molecule has 0 N–H and O–H groups in total. The van der Waals surface area contributed by atoms with Crippen LogP contribution in [0.15, 0.2) is 36.7 Å². The van der Waals surface area contributed by atoms with Gasteiger partial charge in [0.25, 0.3) is 0 Å². The van der Waals surface area contributed by atoms with Crippen molar-refractivity contribution < 1.29 is 4.74 Å². The first kappa shape index (κ1) is 11.7. The Morgan fingerprint density at radius 3 is 2.76 bits per heavy atom. The highest BCUT2D eigenvalue weighted by Crippen LogP contribution is 2.24. The Morgan fingerprint density at radius 2 is 2.18 bits per heavy atom. The number of hydrogen-bond acceptors (Lipinski definition) is 2. The Balaban J connectivity index is 2.32. The third-order valence-electron chi connectivity index (χ3n) is 2.86. The van der Waals surface area contributed by atoms with Gasteiger partial charge >= 0.3 is 0 Å². The van der Waals surface area contributed by atoms with E-state index in [1.807, 2.05) is 23.0 Å². The fourth-order valence-electron chi connectivity index (χ4n) is 1.85. The van der Waals surface area contributed by atoms with E-state index in [9.17, 15) is 0 Å². The van der Waals surface area contributed by atoms with Crippen molar-refractivity contribution in [3.05, 3.63) is 47.8 Å². The second kappa shape index (κ2) is 5.04. The zero-order valence-corrected chi connectivity index (χ0v) is 10.6. The number of nitrogens with zero attached hydrogens (tertiary/aromatic N) is 2. The average Bonchev–Trinajstić information content (AvgIpc) is 2.81. The van der Waals surface area contributed by atoms with Crippen molar-refractivity contribution in [3.63, 3.8) is 0 Å². The van der Waals surface area contributed by atoms with E-state index in [-0.39, 0.29) is 0 Å². The molecular formula is C14H18N2O. The van der Waals surface area contributed by atoms with E-state index in [2.05, 4.69) is 31.1 Å². The topological polar surface area (TPSA) is 27.1 Å². The highest BCUT2D eigenvalue weighted by molar-refractivity contribution is 5.38. The van der Waals surface area contributed by atoms with Gasteiger partial charge in [-0.05, 0) is 29.7 Å². The quantitative estimate of drug-likeness (QED) is 0.807. The SMILES string of the molecule is COc1ccc(C(C)C)cc1Cn1cccn1. The maximum absolute atomic E-state index is 5.39. The van der Waals surface area contributed by atoms with Gasteiger partial charge in [0.1, 0.15) is 5.75 Å². The molecule has 0 saturated carbocycles. The Hall–Kier alpha value is -1.77. The highest BCUT2D eigenvalue weighted by Gasteiger charge is 2.07. The summed E-state index contributed by atoms with van der Waals surface area (Å²) in [6.07, 6.45) is 3.75. The smallest absolute Gasteiger partial charge is 0.123 e. The molecule has 0 aliphatic carbocycles. The van der Waals surface area contributed by atoms with Crippen LogP contribution in [0.2, 0.25) is 0 Å². The van der Waals surface area contributed by atoms with E-state index in [1.165, 1.54) is 11.1 Å². The van der Waals surface area contributed by atoms with E-state index < -0.39 is 0 Å². The molecule has 0 aliphatic rings. The minimum Gasteiger partial charge on any atom is -0.496 e. The molecule has 1 aromatic carbocycles. The maximum Gasteiger partial charge on any atom is 0.123 e. The fraction of sp³-hybridized carbons (Fsp3) is 0.357. The van der Waals surface area contributed by atoms with Crippen LogP contribution in [0, 0.1) is 0 Å². The van der Waals surface area contributed by atoms with Crippen molar-refractivity contribution in [2.45, 2.75) is 26.3 Å². The molecule has 0 saturated heterocycles. The molecule has 90 valence electrons. The van der Waals surface area contributed by atoms with E-state index in [1.54, 1.807) is 13.3 Å². The van der Waals surface area contributed by atoms with Crippen LogP contribution in [-0.4, -0.2) is 16.9 Å². The summed E-state index contributed by atoms with van der Waals surface area (Å²) in [4.78, 5) is 0. The summed E-state index contributed by atoms with van der Waals surface area (Å²) in [5.74, 6) is 1.45. The van der Waals surface area contributed by atoms with Crippen LogP contribution in [0.1, 0.15) is 30.9 Å². The molecule has 1 heterocycles. The predicted octanol–water partition coefficient (Wildman–Crippen LogP) is 3.06. The lowest BCUT2D eigenvalue weighted by Crippen LogP contribution is -2.03. The molecular weight excluding hydrogens is 212 g/mol. The molecule has 3 nitrogen and oxygen atoms in total. The summed E-state index contributed by atoms with van der Waals surface area (Å²) in [5.41, 5.74) is 2.50. The summed E-state index contributed by atoms with van der Waals surface area (Å²) in [5, 5.41) is 4.22. The fourth-order valence-corrected chi connectivity index (χ4v) is 1.85. The van der Waals surface area contributed by atoms with Gasteiger partial charge in [-0.3, -0.25) is 4.68 Å². The number of aromatic nitrogens is 2. The average molecular weight is 230 g/mol. The van der Waals surface area contributed by atoms with Gasteiger partial charge in [-0.15, -0.1) is 0 Å². The second-order valence-electron chi connectivity index (χ2n) is 4.43. The van der Waals surface area contributed by atoms with Gasteiger partial charge in [0.05, 0.1) is 13.7 Å². The van der Waals surface area contributed by atoms with Crippen LogP contribution in [0.3, 0.4) is 0 Å². The van der Waals surface area contributed by atoms with Gasteiger partial charge in [0, 0.05) is 18.0 Å². The molecule has 0 atom stereocenters. The van der Waals surface area contributed by atoms with Gasteiger partial charge in [0.2, 0.25) is 0 Å². The summed E-state index contributed by atoms with van der Waals surface area (Å²) < 4.78 is 7.29. The Labute approximate surface area is 102 Å². The third kappa shape index (κ3) is 2.67. The summed E-state index contributed by atoms with van der Waals surface area (Å²) in [7, 11) is 1.71. The third-order valence-corrected chi connectivity index (χ3v) is 2.86. The largest absolute Gasteiger partial charge is 0.496 e. The molecule has 2 rings (SSSR count). The first-order chi connectivity index (χ1) is 8.20. The molecule has 0 aliphatic heterocycles. The van der Waals surface area contributed by atoms with Gasteiger partial charge in [-0.2, -0.15) is 5.10 Å². The molecule has 0 spiro atoms. The van der Waals surface area contributed by atoms with Crippen molar-refractivity contribution in [2.24, 2.45) is 0 Å². The highest BCUT2D eigenvalue weighted by atomic mass is 16.5. The van der Waals surface area contributed by atoms with Gasteiger partial charge < -0.3 is 4.74 Å². The zero-order chi connectivity index (χ0) is 12.3. The van der Waals surface area contributed by atoms with E-state index in [4.69, 9.17) is 4.74 Å². The standard InChI is InChI=1S/C14H18N2O/c1-11(2)12-5-6-14(17-3)13(9-12)10-16-8-4-7-15-16/h4-9,11H,10H2,1-3H3. The molecule has 3 heteroatoms. The normalized spacial score (nSPS) is 10.8. The first-order valence-electron chi connectivity index (χ1n) is 5.85. The van der Waals surface area contributed by atoms with Crippen LogP contribution in [-0.2, 0) is 6.54 Å². The van der Waals surface area contributed by atoms with Crippen LogP contribution < -0.4 is 4.74 Å². The lowest BCUT2D eigenvalue weighted by atomic mass is 10.0. The van der Waals surface area contributed by atoms with E-state index in [0.29, 0.717) is 5.92 Å². The minimum absolute atomic E-state index is 0.525. The molecule has 2 aromatic rings. The second-order valence-corrected chi connectivity index (χ2v) is 4.43. The van der Waals surface area contributed by atoms with E-state index >= 15 is 0 Å². The van der Waals surface area contributed by atoms with Gasteiger partial charge in [-0.25, -0.2) is 0 Å². The number of methoxy groups -OCH3 is 1. The first-order valence-corrected chi connectivity index (χ1v) is 5.85. The Bertz CT molecular complexity index is 475. The lowest BCUT2D eigenvalue weighted by molar-refractivity contribution is 0.407. The molecule has 1 aromatic heterocycles. The predicted molar refractivity (Wildman–Crippen MR) is 68.4 cm³/mol. The van der Waals surface area contributed by atoms with E-state index in [0.717, 1.165) is 12.3 Å². The van der Waals surface area contributed by atoms with Crippen molar-refractivity contribution in [1.29, 1.82) is 0 Å². The molecule has 0 radical (unpaired) electrons. The van der Waals surface area contributed by atoms with Gasteiger partial charge in [-0.1, -0.05) is 19.9 Å². The molecule has 17 heavy (non-hydrogen) atoms. The zero-order valence-electron chi connectivity index (χ0n) is 10.6. The summed E-state index contributed by atoms with van der Waals surface area (Å²) in [6, 6.07) is 8.29. The summed E-state index contributed by atoms with van der Waals surface area (Å²) >= 11 is 0. The molecule has 0 unspecified atom stereocenters. The number of rotatable bonds is 4. The van der Waals surface area contributed by atoms with Crippen molar-refractivity contribution in [1.82, 2.24) is 9.78 Å². The van der Waals surface area contributed by atoms with Crippen molar-refractivity contribution >= 4 is 0 Å². The van der Waals surface area contributed by atoms with Crippen molar-refractivity contribution in [2.75, 3.05) is 7.11 Å². The Kier molecular flexibility index (Phi) is 3.47. The van der Waals surface area contributed by atoms with Crippen LogP contribution >= 0.6 is 0 Å². The summed E-state index contributed by atoms with van der Waals surface area (Å²) in [6.45, 7) is 5.13. The molecule has 0 bridgehead atoms. The molecule has 0 amide bonds. The Morgan fingerprint density at radius 1 is 1.35 bits per heavy atom. The van der Waals surface area contributed by atoms with Crippen LogP contribution in [0.4, 0.5) is 0 Å².